The highest BCUT2D eigenvalue weighted by Gasteiger charge is 2.27. The number of nitrogens with two attached hydrogens (primary N) is 1. The first-order chi connectivity index (χ1) is 9.50. The van der Waals surface area contributed by atoms with Crippen LogP contribution < -0.4 is 5.73 Å². The highest BCUT2D eigenvalue weighted by Crippen LogP contribution is 2.30. The molecule has 20 heavy (non-hydrogen) atoms. The zero-order chi connectivity index (χ0) is 14.3. The van der Waals surface area contributed by atoms with Crippen LogP contribution in [0, 0.1) is 0 Å². The minimum atomic E-state index is -2.90. The van der Waals surface area contributed by atoms with E-state index in [1.807, 2.05) is 10.6 Å². The average Bonchev–Trinajstić information content (AvgIpc) is 2.76. The third-order valence-electron chi connectivity index (χ3n) is 3.82. The largest absolute Gasteiger partial charge is 0.399 e. The minimum Gasteiger partial charge on any atom is -0.399 e. The molecular weight excluding hydrogens is 278 g/mol. The Kier molecular flexibility index (Phi) is 3.18. The Bertz CT molecular complexity index is 738. The summed E-state index contributed by atoms with van der Waals surface area (Å²) in [6.07, 6.45) is 1.12. The molecule has 3 rings (SSSR count). The molecule has 0 amide bonds. The monoisotopic (exact) mass is 295 g/mol. The molecule has 2 heterocycles. The van der Waals surface area contributed by atoms with E-state index in [9.17, 15) is 13.5 Å². The summed E-state index contributed by atoms with van der Waals surface area (Å²) < 4.78 is 25.0. The third-order valence-corrected chi connectivity index (χ3v) is 5.53. The maximum absolute atomic E-state index is 11.5. The molecular formula is C13H17N3O3S. The number of nitrogens with zero attached hydrogens (tertiary/aromatic N) is 2. The van der Waals surface area contributed by atoms with Gasteiger partial charge in [-0.3, -0.25) is 0 Å². The van der Waals surface area contributed by atoms with E-state index in [-0.39, 0.29) is 24.2 Å². The summed E-state index contributed by atoms with van der Waals surface area (Å²) in [6.45, 7) is -0.169. The minimum absolute atomic E-state index is 0.0642. The third kappa shape index (κ3) is 2.27. The second-order valence-electron chi connectivity index (χ2n) is 5.19. The molecule has 0 radical (unpaired) electrons. The van der Waals surface area contributed by atoms with E-state index in [2.05, 4.69) is 4.98 Å². The van der Waals surface area contributed by atoms with Gasteiger partial charge in [-0.05, 0) is 31.0 Å². The number of nitrogen functional groups attached to an aromatic ring is 1. The van der Waals surface area contributed by atoms with Crippen molar-refractivity contribution in [1.29, 1.82) is 0 Å². The zero-order valence-corrected chi connectivity index (χ0v) is 11.8. The molecule has 0 aliphatic carbocycles. The maximum Gasteiger partial charge on any atom is 0.150 e. The Hall–Kier alpha value is -1.60. The molecule has 1 aromatic heterocycles. The van der Waals surface area contributed by atoms with Gasteiger partial charge in [0.15, 0.2) is 0 Å². The van der Waals surface area contributed by atoms with Crippen molar-refractivity contribution < 1.29 is 13.5 Å². The van der Waals surface area contributed by atoms with Crippen molar-refractivity contribution in [1.82, 2.24) is 9.55 Å². The Labute approximate surface area is 117 Å². The lowest BCUT2D eigenvalue weighted by molar-refractivity contribution is 0.259. The van der Waals surface area contributed by atoms with E-state index in [1.54, 1.807) is 12.1 Å². The SMILES string of the molecule is Nc1ccc2c(c1)nc(CO)n2C1CCS(=O)(=O)CC1. The van der Waals surface area contributed by atoms with E-state index >= 15 is 0 Å². The molecule has 1 saturated heterocycles. The van der Waals surface area contributed by atoms with Gasteiger partial charge in [-0.2, -0.15) is 0 Å². The number of aliphatic hydroxyl groups excluding tert-OH is 1. The quantitative estimate of drug-likeness (QED) is 0.801. The van der Waals surface area contributed by atoms with Gasteiger partial charge in [0.05, 0.1) is 22.5 Å². The van der Waals surface area contributed by atoms with Crippen LogP contribution in [0.5, 0.6) is 0 Å². The van der Waals surface area contributed by atoms with Crippen LogP contribution in [0.15, 0.2) is 18.2 Å². The molecule has 0 bridgehead atoms. The fourth-order valence-corrected chi connectivity index (χ4v) is 4.29. The van der Waals surface area contributed by atoms with Crippen molar-refractivity contribution in [2.24, 2.45) is 0 Å². The molecule has 108 valence electrons. The highest BCUT2D eigenvalue weighted by molar-refractivity contribution is 7.91. The number of sulfone groups is 1. The molecule has 0 atom stereocenters. The standard InChI is InChI=1S/C13H17N3O3S/c14-9-1-2-12-11(7-9)15-13(8-17)16(12)10-3-5-20(18,19)6-4-10/h1-2,7,10,17H,3-6,8,14H2. The zero-order valence-electron chi connectivity index (χ0n) is 11.0. The Morgan fingerprint density at radius 1 is 1.35 bits per heavy atom. The molecule has 7 heteroatoms. The summed E-state index contributed by atoms with van der Waals surface area (Å²) >= 11 is 0. The van der Waals surface area contributed by atoms with Crippen LogP contribution in [-0.4, -0.2) is 34.6 Å². The van der Waals surface area contributed by atoms with E-state index in [0.29, 0.717) is 24.4 Å². The number of benzene rings is 1. The predicted molar refractivity (Wildman–Crippen MR) is 77.0 cm³/mol. The van der Waals surface area contributed by atoms with Gasteiger partial charge in [0.25, 0.3) is 0 Å². The average molecular weight is 295 g/mol. The first kappa shape index (κ1) is 13.4. The van der Waals surface area contributed by atoms with Gasteiger partial charge in [0.1, 0.15) is 22.3 Å². The first-order valence-corrected chi connectivity index (χ1v) is 8.40. The van der Waals surface area contributed by atoms with Crippen LogP contribution in [0.3, 0.4) is 0 Å². The Balaban J connectivity index is 2.06. The normalized spacial score (nSPS) is 19.4. The van der Waals surface area contributed by atoms with Gasteiger partial charge >= 0.3 is 0 Å². The lowest BCUT2D eigenvalue weighted by Crippen LogP contribution is -2.26. The van der Waals surface area contributed by atoms with E-state index in [0.717, 1.165) is 11.0 Å². The molecule has 1 aromatic carbocycles. The number of rotatable bonds is 2. The molecule has 1 aliphatic heterocycles. The molecule has 2 aromatic rings. The van der Waals surface area contributed by atoms with Crippen LogP contribution >= 0.6 is 0 Å². The van der Waals surface area contributed by atoms with Crippen LogP contribution in [0.25, 0.3) is 11.0 Å². The molecule has 3 N–H and O–H groups in total. The second kappa shape index (κ2) is 4.75. The van der Waals surface area contributed by atoms with E-state index < -0.39 is 9.84 Å². The number of anilines is 1. The van der Waals surface area contributed by atoms with Crippen molar-refractivity contribution in [3.63, 3.8) is 0 Å². The van der Waals surface area contributed by atoms with Crippen molar-refractivity contribution in [2.75, 3.05) is 17.2 Å². The molecule has 1 aliphatic rings. The summed E-state index contributed by atoms with van der Waals surface area (Å²) in [5.41, 5.74) is 8.00. The second-order valence-corrected chi connectivity index (χ2v) is 7.49. The van der Waals surface area contributed by atoms with E-state index in [4.69, 9.17) is 5.73 Å². The van der Waals surface area contributed by atoms with Crippen molar-refractivity contribution in [2.45, 2.75) is 25.5 Å². The lowest BCUT2D eigenvalue weighted by Gasteiger charge is -2.25. The van der Waals surface area contributed by atoms with Crippen LogP contribution in [0.1, 0.15) is 24.7 Å². The fourth-order valence-electron chi connectivity index (χ4n) is 2.82. The number of aromatic nitrogens is 2. The number of imidazole rings is 1. The van der Waals surface area contributed by atoms with Crippen LogP contribution in [0.4, 0.5) is 5.69 Å². The maximum atomic E-state index is 11.5. The summed E-state index contributed by atoms with van der Waals surface area (Å²) in [5, 5.41) is 9.49. The summed E-state index contributed by atoms with van der Waals surface area (Å²) in [4.78, 5) is 4.39. The van der Waals surface area contributed by atoms with Crippen LogP contribution in [-0.2, 0) is 16.4 Å². The molecule has 0 unspecified atom stereocenters. The first-order valence-electron chi connectivity index (χ1n) is 6.58. The number of hydrogen-bond acceptors (Lipinski definition) is 5. The molecule has 1 fully saturated rings. The topological polar surface area (TPSA) is 98.2 Å². The summed E-state index contributed by atoms with van der Waals surface area (Å²) in [6, 6.07) is 5.50. The lowest BCUT2D eigenvalue weighted by atomic mass is 10.1. The van der Waals surface area contributed by atoms with Crippen molar-refractivity contribution in [3.05, 3.63) is 24.0 Å². The predicted octanol–water partition coefficient (Wildman–Crippen LogP) is 0.861. The van der Waals surface area contributed by atoms with Gasteiger partial charge < -0.3 is 15.4 Å². The van der Waals surface area contributed by atoms with Gasteiger partial charge in [0, 0.05) is 11.7 Å². The van der Waals surface area contributed by atoms with Gasteiger partial charge in [0.2, 0.25) is 0 Å². The summed E-state index contributed by atoms with van der Waals surface area (Å²) in [5.74, 6) is 0.948. The molecule has 0 spiro atoms. The Morgan fingerprint density at radius 2 is 2.05 bits per heavy atom. The number of hydrogen-bond donors (Lipinski definition) is 2. The van der Waals surface area contributed by atoms with Crippen molar-refractivity contribution >= 4 is 26.6 Å². The van der Waals surface area contributed by atoms with Crippen molar-refractivity contribution in [3.8, 4) is 0 Å². The van der Waals surface area contributed by atoms with Gasteiger partial charge in [-0.25, -0.2) is 13.4 Å². The summed E-state index contributed by atoms with van der Waals surface area (Å²) in [7, 11) is -2.90. The van der Waals surface area contributed by atoms with Crippen LogP contribution in [0.2, 0.25) is 0 Å². The highest BCUT2D eigenvalue weighted by atomic mass is 32.2. The fraction of sp³-hybridized carbons (Fsp3) is 0.462. The Morgan fingerprint density at radius 3 is 2.70 bits per heavy atom. The molecule has 6 nitrogen and oxygen atoms in total. The smallest absolute Gasteiger partial charge is 0.150 e. The molecule has 0 saturated carbocycles. The number of fused-ring (bicyclic) bond motifs is 1. The van der Waals surface area contributed by atoms with E-state index in [1.165, 1.54) is 0 Å². The van der Waals surface area contributed by atoms with Gasteiger partial charge in [-0.15, -0.1) is 0 Å². The van der Waals surface area contributed by atoms with Gasteiger partial charge in [-0.1, -0.05) is 0 Å². The number of aliphatic hydroxyl groups is 1.